The smallest absolute Gasteiger partial charge is 0.407 e. The fraction of sp³-hybridized carbons (Fsp3) is 0.706. The van der Waals surface area contributed by atoms with Crippen LogP contribution in [0, 0.1) is 12.8 Å². The van der Waals surface area contributed by atoms with Gasteiger partial charge in [-0.25, -0.2) is 4.79 Å². The fourth-order valence-electron chi connectivity index (χ4n) is 3.39. The minimum Gasteiger partial charge on any atom is -0.444 e. The average Bonchev–Trinajstić information content (AvgIpc) is 3.02. The number of hydrogen-bond donors (Lipinski definition) is 2. The highest BCUT2D eigenvalue weighted by atomic mass is 32.1. The first-order valence-electron chi connectivity index (χ1n) is 8.22. The van der Waals surface area contributed by atoms with E-state index in [2.05, 4.69) is 29.0 Å². The zero-order valence-electron chi connectivity index (χ0n) is 14.2. The van der Waals surface area contributed by atoms with Crippen molar-refractivity contribution in [2.45, 2.75) is 64.4 Å². The number of carbonyl (C=O) groups is 1. The van der Waals surface area contributed by atoms with Crippen molar-refractivity contribution in [2.75, 3.05) is 6.61 Å². The van der Waals surface area contributed by atoms with Crippen LogP contribution in [-0.2, 0) is 16.0 Å². The van der Waals surface area contributed by atoms with Crippen LogP contribution in [0.5, 0.6) is 0 Å². The van der Waals surface area contributed by atoms with Crippen LogP contribution in [-0.4, -0.2) is 36.5 Å². The minimum atomic E-state index is -0.476. The van der Waals surface area contributed by atoms with Gasteiger partial charge in [0.05, 0.1) is 18.2 Å². The summed E-state index contributed by atoms with van der Waals surface area (Å²) in [6.45, 7) is 9.35. The highest BCUT2D eigenvalue weighted by Gasteiger charge is 2.54. The molecule has 6 heteroatoms. The SMILES string of the molecule is Cc1ccsc1CNC1C(NC(=O)OC(C)(C)C)C2CCOC21. The number of nitrogens with one attached hydrogen (secondary N) is 2. The monoisotopic (exact) mass is 338 g/mol. The Morgan fingerprint density at radius 1 is 1.43 bits per heavy atom. The molecule has 4 unspecified atom stereocenters. The van der Waals surface area contributed by atoms with Gasteiger partial charge in [0.2, 0.25) is 0 Å². The Morgan fingerprint density at radius 2 is 2.22 bits per heavy atom. The van der Waals surface area contributed by atoms with Gasteiger partial charge in [-0.2, -0.15) is 0 Å². The van der Waals surface area contributed by atoms with Gasteiger partial charge < -0.3 is 20.1 Å². The third-order valence-corrected chi connectivity index (χ3v) is 5.56. The highest BCUT2D eigenvalue weighted by Crippen LogP contribution is 2.39. The summed E-state index contributed by atoms with van der Waals surface area (Å²) in [5, 5.41) is 8.72. The van der Waals surface area contributed by atoms with Crippen molar-refractivity contribution in [3.05, 3.63) is 21.9 Å². The maximum Gasteiger partial charge on any atom is 0.407 e. The molecule has 1 saturated carbocycles. The molecule has 2 aliphatic rings. The van der Waals surface area contributed by atoms with Crippen LogP contribution in [0.4, 0.5) is 4.79 Å². The predicted octanol–water partition coefficient (Wildman–Crippen LogP) is 2.83. The molecule has 1 aromatic rings. The topological polar surface area (TPSA) is 59.6 Å². The molecule has 128 valence electrons. The number of thiophene rings is 1. The van der Waals surface area contributed by atoms with E-state index in [1.54, 1.807) is 11.3 Å². The van der Waals surface area contributed by atoms with Crippen LogP contribution in [0.15, 0.2) is 11.4 Å². The van der Waals surface area contributed by atoms with Crippen LogP contribution in [0.3, 0.4) is 0 Å². The third-order valence-electron chi connectivity index (χ3n) is 4.54. The predicted molar refractivity (Wildman–Crippen MR) is 90.7 cm³/mol. The third kappa shape index (κ3) is 3.70. The molecular weight excluding hydrogens is 312 g/mol. The number of hydrogen-bond acceptors (Lipinski definition) is 5. The number of rotatable bonds is 4. The minimum absolute atomic E-state index is 0.0811. The van der Waals surface area contributed by atoms with Gasteiger partial charge in [-0.15, -0.1) is 11.3 Å². The number of ether oxygens (including phenoxy) is 2. The molecule has 1 aromatic heterocycles. The lowest BCUT2D eigenvalue weighted by Gasteiger charge is -2.48. The van der Waals surface area contributed by atoms with Crippen LogP contribution in [0.2, 0.25) is 0 Å². The van der Waals surface area contributed by atoms with Crippen molar-refractivity contribution in [1.29, 1.82) is 0 Å². The second-order valence-corrected chi connectivity index (χ2v) is 8.39. The second-order valence-electron chi connectivity index (χ2n) is 7.39. The molecule has 2 heterocycles. The van der Waals surface area contributed by atoms with E-state index in [1.165, 1.54) is 10.4 Å². The van der Waals surface area contributed by atoms with E-state index in [0.717, 1.165) is 19.6 Å². The number of aryl methyl sites for hydroxylation is 1. The van der Waals surface area contributed by atoms with Gasteiger partial charge >= 0.3 is 6.09 Å². The summed E-state index contributed by atoms with van der Waals surface area (Å²) in [4.78, 5) is 13.4. The molecule has 5 nitrogen and oxygen atoms in total. The molecule has 0 aromatic carbocycles. The van der Waals surface area contributed by atoms with Crippen LogP contribution < -0.4 is 10.6 Å². The summed E-state index contributed by atoms with van der Waals surface area (Å²) in [5.74, 6) is 0.393. The first-order chi connectivity index (χ1) is 10.8. The lowest BCUT2D eigenvalue weighted by molar-refractivity contribution is -0.0343. The van der Waals surface area contributed by atoms with Crippen LogP contribution in [0.1, 0.15) is 37.6 Å². The van der Waals surface area contributed by atoms with Crippen molar-refractivity contribution in [1.82, 2.24) is 10.6 Å². The van der Waals surface area contributed by atoms with Gasteiger partial charge in [0.1, 0.15) is 5.60 Å². The van der Waals surface area contributed by atoms with Gasteiger partial charge in [-0.05, 0) is 51.1 Å². The van der Waals surface area contributed by atoms with E-state index >= 15 is 0 Å². The lowest BCUT2D eigenvalue weighted by atomic mass is 9.71. The normalized spacial score (nSPS) is 29.7. The zero-order valence-corrected chi connectivity index (χ0v) is 15.0. The Bertz CT molecular complexity index is 566. The Labute approximate surface area is 141 Å². The standard InChI is InChI=1S/C17H26N2O3S/c1-10-6-8-23-12(10)9-18-14-13(11-5-7-21-15(11)14)19-16(20)22-17(2,3)4/h6,8,11,13-15,18H,5,7,9H2,1-4H3,(H,19,20). The molecule has 4 atom stereocenters. The maximum atomic E-state index is 12.1. The lowest BCUT2D eigenvalue weighted by Crippen LogP contribution is -2.70. The zero-order chi connectivity index (χ0) is 16.6. The Hall–Kier alpha value is -1.11. The highest BCUT2D eigenvalue weighted by molar-refractivity contribution is 7.10. The Balaban J connectivity index is 1.59. The Morgan fingerprint density at radius 3 is 2.87 bits per heavy atom. The van der Waals surface area contributed by atoms with E-state index in [-0.39, 0.29) is 24.3 Å². The number of amides is 1. The summed E-state index contributed by atoms with van der Waals surface area (Å²) in [7, 11) is 0. The summed E-state index contributed by atoms with van der Waals surface area (Å²) < 4.78 is 11.2. The molecule has 0 radical (unpaired) electrons. The first-order valence-corrected chi connectivity index (χ1v) is 9.10. The van der Waals surface area contributed by atoms with Crippen molar-refractivity contribution >= 4 is 17.4 Å². The molecule has 0 spiro atoms. The molecule has 1 aliphatic carbocycles. The van der Waals surface area contributed by atoms with Crippen molar-refractivity contribution in [2.24, 2.45) is 5.92 Å². The van der Waals surface area contributed by atoms with E-state index in [0.29, 0.717) is 5.92 Å². The van der Waals surface area contributed by atoms with Crippen molar-refractivity contribution in [3.63, 3.8) is 0 Å². The number of carbonyl (C=O) groups excluding carboxylic acids is 1. The number of alkyl carbamates (subject to hydrolysis) is 1. The van der Waals surface area contributed by atoms with Gasteiger partial charge in [0.15, 0.2) is 0 Å². The van der Waals surface area contributed by atoms with Gasteiger partial charge in [-0.3, -0.25) is 0 Å². The van der Waals surface area contributed by atoms with Gasteiger partial charge in [-0.1, -0.05) is 0 Å². The van der Waals surface area contributed by atoms with Crippen molar-refractivity contribution < 1.29 is 14.3 Å². The second kappa shape index (κ2) is 6.42. The molecule has 2 N–H and O–H groups in total. The quantitative estimate of drug-likeness (QED) is 0.886. The molecular formula is C17H26N2O3S. The molecule has 1 saturated heterocycles. The van der Waals surface area contributed by atoms with Gasteiger partial charge in [0.25, 0.3) is 0 Å². The molecule has 0 bridgehead atoms. The van der Waals surface area contributed by atoms with Crippen LogP contribution in [0.25, 0.3) is 0 Å². The Kier molecular flexibility index (Phi) is 4.67. The summed E-state index contributed by atoms with van der Waals surface area (Å²) in [6, 6.07) is 2.36. The van der Waals surface area contributed by atoms with Crippen LogP contribution >= 0.6 is 11.3 Å². The first kappa shape index (κ1) is 16.7. The van der Waals surface area contributed by atoms with E-state index in [1.807, 2.05) is 20.8 Å². The summed E-state index contributed by atoms with van der Waals surface area (Å²) in [6.07, 6.45) is 0.864. The summed E-state index contributed by atoms with van der Waals surface area (Å²) in [5.41, 5.74) is 0.832. The van der Waals surface area contributed by atoms with E-state index < -0.39 is 5.60 Å². The molecule has 2 fully saturated rings. The average molecular weight is 338 g/mol. The number of fused-ring (bicyclic) bond motifs is 1. The molecule has 3 rings (SSSR count). The van der Waals surface area contributed by atoms with Crippen molar-refractivity contribution in [3.8, 4) is 0 Å². The molecule has 1 aliphatic heterocycles. The largest absolute Gasteiger partial charge is 0.444 e. The molecule has 23 heavy (non-hydrogen) atoms. The summed E-state index contributed by atoms with van der Waals surface area (Å²) >= 11 is 1.76. The maximum absolute atomic E-state index is 12.1. The fourth-order valence-corrected chi connectivity index (χ4v) is 4.24. The van der Waals surface area contributed by atoms with Gasteiger partial charge in [0, 0.05) is 23.9 Å². The molecule has 1 amide bonds. The van der Waals surface area contributed by atoms with E-state index in [4.69, 9.17) is 9.47 Å². The van der Waals surface area contributed by atoms with E-state index in [9.17, 15) is 4.79 Å².